The van der Waals surface area contributed by atoms with E-state index in [-0.39, 0.29) is 5.91 Å². The van der Waals surface area contributed by atoms with E-state index in [1.807, 2.05) is 24.3 Å². The Hall–Kier alpha value is -2.62. The van der Waals surface area contributed by atoms with E-state index in [1.165, 1.54) is 12.1 Å². The molecular formula is C19H19FN2O. The summed E-state index contributed by atoms with van der Waals surface area (Å²) in [6, 6.07) is 12.1. The number of nitrogens with zero attached hydrogens (tertiary/aromatic N) is 1. The quantitative estimate of drug-likeness (QED) is 0.741. The number of hydrogen-bond acceptors (Lipinski definition) is 1. The number of anilines is 1. The van der Waals surface area contributed by atoms with E-state index in [0.717, 1.165) is 29.4 Å². The Balaban J connectivity index is 1.86. The molecule has 0 atom stereocenters. The van der Waals surface area contributed by atoms with Gasteiger partial charge < -0.3 is 9.88 Å². The molecule has 0 saturated heterocycles. The van der Waals surface area contributed by atoms with Crippen LogP contribution in [0.3, 0.4) is 0 Å². The molecule has 0 unspecified atom stereocenters. The molecule has 0 aliphatic carbocycles. The van der Waals surface area contributed by atoms with Gasteiger partial charge in [-0.15, -0.1) is 0 Å². The minimum absolute atomic E-state index is 0.297. The average Bonchev–Trinajstić information content (AvgIpc) is 2.92. The standard InChI is InChI=1S/C19H19FN2O/c1-3-9-22-10-8-14-11-16(6-7-18(14)22)21-19(23)17-12-15(20)5-4-13(17)2/h4-8,10-12H,3,9H2,1-2H3,(H,21,23). The molecule has 0 bridgehead atoms. The number of amides is 1. The number of rotatable bonds is 4. The van der Waals surface area contributed by atoms with Crippen molar-refractivity contribution in [2.24, 2.45) is 0 Å². The zero-order chi connectivity index (χ0) is 16.4. The van der Waals surface area contributed by atoms with Crippen molar-refractivity contribution >= 4 is 22.5 Å². The maximum atomic E-state index is 13.3. The molecule has 3 rings (SSSR count). The molecule has 0 aliphatic heterocycles. The predicted molar refractivity (Wildman–Crippen MR) is 91.3 cm³/mol. The molecule has 118 valence electrons. The summed E-state index contributed by atoms with van der Waals surface area (Å²) >= 11 is 0. The lowest BCUT2D eigenvalue weighted by Crippen LogP contribution is -2.13. The van der Waals surface area contributed by atoms with Crippen molar-refractivity contribution in [3.8, 4) is 0 Å². The van der Waals surface area contributed by atoms with Crippen LogP contribution in [-0.2, 0) is 6.54 Å². The Kier molecular flexibility index (Phi) is 4.15. The molecule has 0 aliphatic rings. The Bertz CT molecular complexity index is 867. The second-order valence-corrected chi connectivity index (χ2v) is 5.70. The normalized spacial score (nSPS) is 10.9. The highest BCUT2D eigenvalue weighted by atomic mass is 19.1. The highest BCUT2D eigenvalue weighted by Gasteiger charge is 2.11. The van der Waals surface area contributed by atoms with Crippen LogP contribution in [-0.4, -0.2) is 10.5 Å². The molecule has 1 heterocycles. The summed E-state index contributed by atoms with van der Waals surface area (Å²) in [7, 11) is 0. The van der Waals surface area contributed by atoms with Crippen molar-refractivity contribution < 1.29 is 9.18 Å². The largest absolute Gasteiger partial charge is 0.347 e. The maximum absolute atomic E-state index is 13.3. The van der Waals surface area contributed by atoms with Crippen LogP contribution in [0.4, 0.5) is 10.1 Å². The summed E-state index contributed by atoms with van der Waals surface area (Å²) in [6.07, 6.45) is 3.12. The topological polar surface area (TPSA) is 34.0 Å². The fraction of sp³-hybridized carbons (Fsp3) is 0.211. The van der Waals surface area contributed by atoms with E-state index in [1.54, 1.807) is 13.0 Å². The Labute approximate surface area is 134 Å². The number of carbonyl (C=O) groups is 1. The van der Waals surface area contributed by atoms with E-state index in [4.69, 9.17) is 0 Å². The SMILES string of the molecule is CCCn1ccc2cc(NC(=O)c3cc(F)ccc3C)ccc21. The molecule has 0 saturated carbocycles. The molecule has 1 amide bonds. The first-order valence-electron chi connectivity index (χ1n) is 7.75. The number of fused-ring (bicyclic) bond motifs is 1. The van der Waals surface area contributed by atoms with Crippen molar-refractivity contribution in [3.05, 3.63) is 65.6 Å². The number of nitrogens with one attached hydrogen (secondary N) is 1. The fourth-order valence-electron chi connectivity index (χ4n) is 2.75. The van der Waals surface area contributed by atoms with Gasteiger partial charge in [0.25, 0.3) is 5.91 Å². The second kappa shape index (κ2) is 6.24. The zero-order valence-electron chi connectivity index (χ0n) is 13.3. The van der Waals surface area contributed by atoms with Crippen LogP contribution in [0.5, 0.6) is 0 Å². The van der Waals surface area contributed by atoms with Crippen molar-refractivity contribution in [3.63, 3.8) is 0 Å². The summed E-state index contributed by atoms with van der Waals surface area (Å²) < 4.78 is 15.5. The lowest BCUT2D eigenvalue weighted by Gasteiger charge is -2.09. The van der Waals surface area contributed by atoms with Gasteiger partial charge in [-0.2, -0.15) is 0 Å². The second-order valence-electron chi connectivity index (χ2n) is 5.70. The van der Waals surface area contributed by atoms with Crippen LogP contribution >= 0.6 is 0 Å². The first kappa shape index (κ1) is 15.3. The Morgan fingerprint density at radius 2 is 2.00 bits per heavy atom. The smallest absolute Gasteiger partial charge is 0.256 e. The van der Waals surface area contributed by atoms with Crippen LogP contribution in [0.25, 0.3) is 10.9 Å². The molecule has 0 radical (unpaired) electrons. The number of halogens is 1. The van der Waals surface area contributed by atoms with Crippen LogP contribution in [0, 0.1) is 12.7 Å². The Morgan fingerprint density at radius 3 is 2.78 bits per heavy atom. The van der Waals surface area contributed by atoms with Crippen molar-refractivity contribution in [1.29, 1.82) is 0 Å². The molecule has 1 aromatic heterocycles. The summed E-state index contributed by atoms with van der Waals surface area (Å²) in [5.41, 5.74) is 2.96. The first-order chi connectivity index (χ1) is 11.1. The van der Waals surface area contributed by atoms with Gasteiger partial charge in [0.15, 0.2) is 0 Å². The lowest BCUT2D eigenvalue weighted by atomic mass is 10.1. The number of hydrogen-bond donors (Lipinski definition) is 1. The van der Waals surface area contributed by atoms with E-state index in [9.17, 15) is 9.18 Å². The van der Waals surface area contributed by atoms with Gasteiger partial charge in [-0.1, -0.05) is 13.0 Å². The van der Waals surface area contributed by atoms with Gasteiger partial charge in [0, 0.05) is 34.9 Å². The molecule has 0 fully saturated rings. The maximum Gasteiger partial charge on any atom is 0.256 e. The van der Waals surface area contributed by atoms with Crippen LogP contribution in [0.15, 0.2) is 48.7 Å². The molecule has 4 heteroatoms. The number of aromatic nitrogens is 1. The van der Waals surface area contributed by atoms with Gasteiger partial charge in [0.1, 0.15) is 5.82 Å². The lowest BCUT2D eigenvalue weighted by molar-refractivity contribution is 0.102. The Morgan fingerprint density at radius 1 is 1.17 bits per heavy atom. The van der Waals surface area contributed by atoms with Crippen molar-refractivity contribution in [1.82, 2.24) is 4.57 Å². The highest BCUT2D eigenvalue weighted by molar-refractivity contribution is 6.06. The summed E-state index contributed by atoms with van der Waals surface area (Å²) in [5, 5.41) is 3.92. The molecule has 1 N–H and O–H groups in total. The predicted octanol–water partition coefficient (Wildman–Crippen LogP) is 4.75. The van der Waals surface area contributed by atoms with Gasteiger partial charge in [-0.3, -0.25) is 4.79 Å². The van der Waals surface area contributed by atoms with E-state index >= 15 is 0 Å². The van der Waals surface area contributed by atoms with Crippen molar-refractivity contribution in [2.75, 3.05) is 5.32 Å². The number of aryl methyl sites for hydroxylation is 2. The molecule has 3 aromatic rings. The minimum atomic E-state index is -0.409. The zero-order valence-corrected chi connectivity index (χ0v) is 13.3. The van der Waals surface area contributed by atoms with Gasteiger partial charge in [0.2, 0.25) is 0 Å². The number of carbonyl (C=O) groups excluding carboxylic acids is 1. The first-order valence-corrected chi connectivity index (χ1v) is 7.75. The van der Waals surface area contributed by atoms with Crippen LogP contribution < -0.4 is 5.32 Å². The van der Waals surface area contributed by atoms with Gasteiger partial charge >= 0.3 is 0 Å². The van der Waals surface area contributed by atoms with Crippen LogP contribution in [0.1, 0.15) is 29.3 Å². The van der Waals surface area contributed by atoms with Gasteiger partial charge in [-0.05, 0) is 55.3 Å². The number of benzene rings is 2. The molecule has 0 spiro atoms. The van der Waals surface area contributed by atoms with E-state index < -0.39 is 5.82 Å². The molecule has 2 aromatic carbocycles. The molecular weight excluding hydrogens is 291 g/mol. The third kappa shape index (κ3) is 3.11. The summed E-state index contributed by atoms with van der Waals surface area (Å²) in [5.74, 6) is -0.706. The van der Waals surface area contributed by atoms with Crippen LogP contribution in [0.2, 0.25) is 0 Å². The van der Waals surface area contributed by atoms with Gasteiger partial charge in [0.05, 0.1) is 0 Å². The molecule has 23 heavy (non-hydrogen) atoms. The third-order valence-corrected chi connectivity index (χ3v) is 3.94. The molecule has 3 nitrogen and oxygen atoms in total. The monoisotopic (exact) mass is 310 g/mol. The minimum Gasteiger partial charge on any atom is -0.347 e. The van der Waals surface area contributed by atoms with E-state index in [2.05, 4.69) is 23.0 Å². The van der Waals surface area contributed by atoms with Crippen molar-refractivity contribution in [2.45, 2.75) is 26.8 Å². The summed E-state index contributed by atoms with van der Waals surface area (Å²) in [4.78, 5) is 12.3. The van der Waals surface area contributed by atoms with Gasteiger partial charge in [-0.25, -0.2) is 4.39 Å². The summed E-state index contributed by atoms with van der Waals surface area (Å²) in [6.45, 7) is 4.90. The highest BCUT2D eigenvalue weighted by Crippen LogP contribution is 2.22. The average molecular weight is 310 g/mol. The third-order valence-electron chi connectivity index (χ3n) is 3.94. The fourth-order valence-corrected chi connectivity index (χ4v) is 2.75. The van der Waals surface area contributed by atoms with E-state index in [0.29, 0.717) is 11.3 Å².